The monoisotopic (exact) mass is 320 g/mol. The third-order valence-electron chi connectivity index (χ3n) is 3.23. The van der Waals surface area contributed by atoms with Gasteiger partial charge in [0.15, 0.2) is 4.77 Å². The van der Waals surface area contributed by atoms with Gasteiger partial charge in [-0.25, -0.2) is 4.39 Å². The lowest BCUT2D eigenvalue weighted by molar-refractivity contribution is 0.628. The summed E-state index contributed by atoms with van der Waals surface area (Å²) in [5, 5.41) is 0.814. The van der Waals surface area contributed by atoms with Gasteiger partial charge in [0.1, 0.15) is 5.82 Å². The number of aromatic amines is 1. The number of fused-ring (bicyclic) bond motifs is 1. The molecule has 0 atom stereocenters. The predicted molar refractivity (Wildman–Crippen MR) is 83.9 cm³/mol. The SMILES string of the molecule is O=c1c2cc(F)ccc2[nH]c(=S)n1Cc1ccccc1Cl. The lowest BCUT2D eigenvalue weighted by Crippen LogP contribution is -2.23. The first kappa shape index (κ1) is 14.0. The van der Waals surface area contributed by atoms with E-state index < -0.39 is 5.82 Å². The summed E-state index contributed by atoms with van der Waals surface area (Å²) in [7, 11) is 0. The van der Waals surface area contributed by atoms with E-state index in [9.17, 15) is 9.18 Å². The Kier molecular flexibility index (Phi) is 3.61. The van der Waals surface area contributed by atoms with E-state index in [4.69, 9.17) is 23.8 Å². The highest BCUT2D eigenvalue weighted by Crippen LogP contribution is 2.16. The van der Waals surface area contributed by atoms with E-state index in [1.807, 2.05) is 18.2 Å². The van der Waals surface area contributed by atoms with Crippen LogP contribution in [0.4, 0.5) is 4.39 Å². The molecule has 0 radical (unpaired) electrons. The van der Waals surface area contributed by atoms with Gasteiger partial charge < -0.3 is 4.98 Å². The van der Waals surface area contributed by atoms with Crippen LogP contribution >= 0.6 is 23.8 Å². The molecule has 1 N–H and O–H groups in total. The molecule has 6 heteroatoms. The van der Waals surface area contributed by atoms with E-state index in [-0.39, 0.29) is 22.3 Å². The molecule has 0 fully saturated rings. The summed E-state index contributed by atoms with van der Waals surface area (Å²) in [6.45, 7) is 0.236. The molecule has 0 saturated heterocycles. The molecule has 0 aliphatic rings. The van der Waals surface area contributed by atoms with Crippen molar-refractivity contribution in [2.45, 2.75) is 6.54 Å². The molecule has 106 valence electrons. The molecule has 0 bridgehead atoms. The first-order valence-electron chi connectivity index (χ1n) is 6.22. The van der Waals surface area contributed by atoms with Gasteiger partial charge in [-0.3, -0.25) is 9.36 Å². The molecule has 0 unspecified atom stereocenters. The lowest BCUT2D eigenvalue weighted by Gasteiger charge is -2.09. The molecule has 0 saturated carbocycles. The van der Waals surface area contributed by atoms with Gasteiger partial charge in [-0.05, 0) is 42.0 Å². The highest BCUT2D eigenvalue weighted by atomic mass is 35.5. The van der Waals surface area contributed by atoms with Gasteiger partial charge in [-0.2, -0.15) is 0 Å². The van der Waals surface area contributed by atoms with E-state index in [1.165, 1.54) is 22.8 Å². The number of hydrogen-bond acceptors (Lipinski definition) is 2. The van der Waals surface area contributed by atoms with Crippen LogP contribution in [0.5, 0.6) is 0 Å². The van der Waals surface area contributed by atoms with Crippen molar-refractivity contribution in [3.8, 4) is 0 Å². The molecule has 1 heterocycles. The number of nitrogens with one attached hydrogen (secondary N) is 1. The fourth-order valence-corrected chi connectivity index (χ4v) is 2.62. The van der Waals surface area contributed by atoms with Gasteiger partial charge in [0.2, 0.25) is 0 Å². The van der Waals surface area contributed by atoms with E-state index >= 15 is 0 Å². The van der Waals surface area contributed by atoms with Crippen LogP contribution in [0.1, 0.15) is 5.56 Å². The smallest absolute Gasteiger partial charge is 0.262 e. The fraction of sp³-hybridized carbons (Fsp3) is 0.0667. The number of rotatable bonds is 2. The minimum atomic E-state index is -0.464. The number of nitrogens with zero attached hydrogens (tertiary/aromatic N) is 1. The van der Waals surface area contributed by atoms with Gasteiger partial charge in [0.25, 0.3) is 5.56 Å². The second-order valence-electron chi connectivity index (χ2n) is 4.60. The van der Waals surface area contributed by atoms with Crippen molar-refractivity contribution in [3.05, 3.63) is 74.0 Å². The molecular weight excluding hydrogens is 311 g/mol. The average Bonchev–Trinajstić information content (AvgIpc) is 2.46. The van der Waals surface area contributed by atoms with Crippen LogP contribution in [0.15, 0.2) is 47.3 Å². The van der Waals surface area contributed by atoms with Crippen molar-refractivity contribution < 1.29 is 4.39 Å². The van der Waals surface area contributed by atoms with E-state index in [1.54, 1.807) is 6.07 Å². The molecule has 0 aliphatic heterocycles. The maximum atomic E-state index is 13.3. The van der Waals surface area contributed by atoms with Crippen LogP contribution < -0.4 is 5.56 Å². The van der Waals surface area contributed by atoms with Crippen LogP contribution in [0.3, 0.4) is 0 Å². The van der Waals surface area contributed by atoms with Gasteiger partial charge in [0, 0.05) is 5.02 Å². The van der Waals surface area contributed by atoms with Crippen LogP contribution in [0, 0.1) is 10.6 Å². The van der Waals surface area contributed by atoms with Crippen molar-refractivity contribution in [1.29, 1.82) is 0 Å². The third-order valence-corrected chi connectivity index (χ3v) is 3.92. The molecule has 0 spiro atoms. The summed E-state index contributed by atoms with van der Waals surface area (Å²) < 4.78 is 15.0. The molecule has 0 aliphatic carbocycles. The van der Waals surface area contributed by atoms with E-state index in [2.05, 4.69) is 4.98 Å². The number of benzene rings is 2. The van der Waals surface area contributed by atoms with Crippen molar-refractivity contribution in [1.82, 2.24) is 9.55 Å². The normalized spacial score (nSPS) is 11.0. The van der Waals surface area contributed by atoms with Crippen LogP contribution in [-0.2, 0) is 6.54 Å². The maximum absolute atomic E-state index is 13.3. The van der Waals surface area contributed by atoms with Gasteiger partial charge in [-0.15, -0.1) is 0 Å². The first-order chi connectivity index (χ1) is 10.1. The molecule has 2 aromatic carbocycles. The first-order valence-corrected chi connectivity index (χ1v) is 7.00. The molecular formula is C15H10ClFN2OS. The summed E-state index contributed by atoms with van der Waals surface area (Å²) in [5.41, 5.74) is 0.950. The zero-order chi connectivity index (χ0) is 15.0. The number of aromatic nitrogens is 2. The number of hydrogen-bond donors (Lipinski definition) is 1. The Balaban J connectivity index is 2.21. The Morgan fingerprint density at radius 1 is 1.24 bits per heavy atom. The lowest BCUT2D eigenvalue weighted by atomic mass is 10.2. The molecule has 3 nitrogen and oxygen atoms in total. The van der Waals surface area contributed by atoms with E-state index in [0.717, 1.165) is 5.56 Å². The Labute approximate surface area is 129 Å². The summed E-state index contributed by atoms with van der Waals surface area (Å²) in [6.07, 6.45) is 0. The Bertz CT molecular complexity index is 948. The largest absolute Gasteiger partial charge is 0.332 e. The third kappa shape index (κ3) is 2.62. The maximum Gasteiger partial charge on any atom is 0.262 e. The minimum absolute atomic E-state index is 0.236. The predicted octanol–water partition coefficient (Wildman–Crippen LogP) is 3.90. The molecule has 3 rings (SSSR count). The summed E-state index contributed by atoms with van der Waals surface area (Å²) in [5.74, 6) is -0.464. The van der Waals surface area contributed by atoms with E-state index in [0.29, 0.717) is 10.5 Å². The van der Waals surface area contributed by atoms with Crippen LogP contribution in [-0.4, -0.2) is 9.55 Å². The van der Waals surface area contributed by atoms with Gasteiger partial charge in [0.05, 0.1) is 17.4 Å². The standard InChI is InChI=1S/C15H10ClFN2OS/c16-12-4-2-1-3-9(12)8-19-14(20)11-7-10(17)5-6-13(11)18-15(19)21/h1-7H,8H2,(H,18,21). The van der Waals surface area contributed by atoms with Gasteiger partial charge in [-0.1, -0.05) is 29.8 Å². The van der Waals surface area contributed by atoms with Crippen molar-refractivity contribution in [2.75, 3.05) is 0 Å². The quantitative estimate of drug-likeness (QED) is 0.727. The summed E-state index contributed by atoms with van der Waals surface area (Å²) in [4.78, 5) is 15.4. The highest BCUT2D eigenvalue weighted by Gasteiger charge is 2.08. The number of H-pyrrole nitrogens is 1. The molecule has 0 amide bonds. The summed E-state index contributed by atoms with van der Waals surface area (Å²) >= 11 is 11.3. The molecule has 21 heavy (non-hydrogen) atoms. The Morgan fingerprint density at radius 3 is 2.76 bits per heavy atom. The number of halogens is 2. The second kappa shape index (κ2) is 5.42. The molecule has 1 aromatic heterocycles. The van der Waals surface area contributed by atoms with Crippen molar-refractivity contribution >= 4 is 34.7 Å². The molecule has 3 aromatic rings. The zero-order valence-electron chi connectivity index (χ0n) is 10.8. The van der Waals surface area contributed by atoms with Crippen molar-refractivity contribution in [3.63, 3.8) is 0 Å². The Hall–Kier alpha value is -1.98. The van der Waals surface area contributed by atoms with Crippen molar-refractivity contribution in [2.24, 2.45) is 0 Å². The van der Waals surface area contributed by atoms with Gasteiger partial charge >= 0.3 is 0 Å². The van der Waals surface area contributed by atoms with Crippen LogP contribution in [0.2, 0.25) is 5.02 Å². The fourth-order valence-electron chi connectivity index (χ4n) is 2.16. The Morgan fingerprint density at radius 2 is 2.00 bits per heavy atom. The highest BCUT2D eigenvalue weighted by molar-refractivity contribution is 7.71. The average molecular weight is 321 g/mol. The zero-order valence-corrected chi connectivity index (χ0v) is 12.3. The minimum Gasteiger partial charge on any atom is -0.332 e. The topological polar surface area (TPSA) is 37.8 Å². The second-order valence-corrected chi connectivity index (χ2v) is 5.40. The van der Waals surface area contributed by atoms with Crippen LogP contribution in [0.25, 0.3) is 10.9 Å². The summed E-state index contributed by atoms with van der Waals surface area (Å²) in [6, 6.07) is 11.2.